The second-order valence-electron chi connectivity index (χ2n) is 2.34. The fourth-order valence-corrected chi connectivity index (χ4v) is 1.36. The van der Waals surface area contributed by atoms with Gasteiger partial charge in [0.05, 0.1) is 6.61 Å². The standard InChI is InChI=1S/C8H13ClO2S/c1-3-5-6(9)7(10)8(12)11-4-2/h6H,3-5H2,1-2H3. The highest BCUT2D eigenvalue weighted by atomic mass is 35.5. The highest BCUT2D eigenvalue weighted by molar-refractivity contribution is 7.81. The van der Waals surface area contributed by atoms with Crippen LogP contribution in [-0.2, 0) is 9.53 Å². The summed E-state index contributed by atoms with van der Waals surface area (Å²) in [5.41, 5.74) is 0. The lowest BCUT2D eigenvalue weighted by molar-refractivity contribution is -0.113. The number of thiocarbonyl (C=S) groups is 1. The Morgan fingerprint density at radius 3 is 2.58 bits per heavy atom. The van der Waals surface area contributed by atoms with Crippen molar-refractivity contribution in [2.24, 2.45) is 0 Å². The van der Waals surface area contributed by atoms with Crippen LogP contribution >= 0.6 is 23.8 Å². The number of carbonyl (C=O) groups is 1. The predicted octanol–water partition coefficient (Wildman–Crippen LogP) is 2.33. The van der Waals surface area contributed by atoms with E-state index in [0.717, 1.165) is 6.42 Å². The number of carbonyl (C=O) groups excluding carboxylic acids is 1. The van der Waals surface area contributed by atoms with Crippen molar-refractivity contribution >= 4 is 34.7 Å². The first-order valence-electron chi connectivity index (χ1n) is 3.98. The van der Waals surface area contributed by atoms with Crippen molar-refractivity contribution in [2.45, 2.75) is 32.1 Å². The van der Waals surface area contributed by atoms with Crippen LogP contribution in [0.3, 0.4) is 0 Å². The number of rotatable bonds is 5. The molecule has 0 rings (SSSR count). The van der Waals surface area contributed by atoms with Gasteiger partial charge in [0, 0.05) is 0 Å². The molecule has 0 bridgehead atoms. The van der Waals surface area contributed by atoms with E-state index in [9.17, 15) is 4.79 Å². The summed E-state index contributed by atoms with van der Waals surface area (Å²) >= 11 is 10.5. The summed E-state index contributed by atoms with van der Waals surface area (Å²) in [6, 6.07) is 0. The molecule has 2 nitrogen and oxygen atoms in total. The van der Waals surface area contributed by atoms with Crippen LogP contribution in [0.1, 0.15) is 26.7 Å². The van der Waals surface area contributed by atoms with Crippen LogP contribution in [0.5, 0.6) is 0 Å². The molecule has 0 fully saturated rings. The minimum absolute atomic E-state index is 0.00551. The van der Waals surface area contributed by atoms with Gasteiger partial charge in [0.1, 0.15) is 5.38 Å². The first-order chi connectivity index (χ1) is 5.63. The Morgan fingerprint density at radius 1 is 1.58 bits per heavy atom. The lowest BCUT2D eigenvalue weighted by Crippen LogP contribution is -2.24. The highest BCUT2D eigenvalue weighted by Gasteiger charge is 2.19. The average molecular weight is 209 g/mol. The van der Waals surface area contributed by atoms with E-state index in [2.05, 4.69) is 0 Å². The Morgan fingerprint density at radius 2 is 2.17 bits per heavy atom. The molecule has 0 heterocycles. The Balaban J connectivity index is 3.91. The number of Topliss-reactive ketones (excluding diaryl/α,β-unsaturated/α-hetero) is 1. The summed E-state index contributed by atoms with van der Waals surface area (Å²) < 4.78 is 4.87. The van der Waals surface area contributed by atoms with Crippen LogP contribution in [0.4, 0.5) is 0 Å². The van der Waals surface area contributed by atoms with Crippen molar-refractivity contribution in [3.63, 3.8) is 0 Å². The minimum Gasteiger partial charge on any atom is -0.481 e. The molecule has 12 heavy (non-hydrogen) atoms. The van der Waals surface area contributed by atoms with Gasteiger partial charge in [-0.05, 0) is 25.6 Å². The number of alkyl halides is 1. The largest absolute Gasteiger partial charge is 0.481 e. The first kappa shape index (κ1) is 11.8. The molecule has 0 aromatic rings. The van der Waals surface area contributed by atoms with Gasteiger partial charge in [-0.15, -0.1) is 11.6 Å². The van der Waals surface area contributed by atoms with E-state index in [-0.39, 0.29) is 10.8 Å². The number of ether oxygens (including phenoxy) is 1. The first-order valence-corrected chi connectivity index (χ1v) is 4.83. The fraction of sp³-hybridized carbons (Fsp3) is 0.750. The molecule has 1 unspecified atom stereocenters. The lowest BCUT2D eigenvalue weighted by Gasteiger charge is -2.07. The molecule has 0 amide bonds. The molecule has 1 atom stereocenters. The second-order valence-corrected chi connectivity index (χ2v) is 3.24. The summed E-state index contributed by atoms with van der Waals surface area (Å²) in [5.74, 6) is -0.268. The maximum atomic E-state index is 11.2. The van der Waals surface area contributed by atoms with Gasteiger partial charge in [0.2, 0.25) is 10.8 Å². The monoisotopic (exact) mass is 208 g/mol. The van der Waals surface area contributed by atoms with Gasteiger partial charge in [-0.3, -0.25) is 4.79 Å². The van der Waals surface area contributed by atoms with Gasteiger partial charge in [-0.25, -0.2) is 0 Å². The maximum absolute atomic E-state index is 11.2. The van der Waals surface area contributed by atoms with Crippen molar-refractivity contribution < 1.29 is 9.53 Å². The van der Waals surface area contributed by atoms with E-state index in [1.54, 1.807) is 6.92 Å². The molecule has 0 radical (unpaired) electrons. The Hall–Kier alpha value is -0.150. The van der Waals surface area contributed by atoms with E-state index in [0.29, 0.717) is 13.0 Å². The molecule has 0 spiro atoms. The van der Waals surface area contributed by atoms with Gasteiger partial charge in [-0.2, -0.15) is 0 Å². The van der Waals surface area contributed by atoms with E-state index < -0.39 is 5.38 Å². The Kier molecular flexibility index (Phi) is 6.30. The van der Waals surface area contributed by atoms with Gasteiger partial charge >= 0.3 is 0 Å². The number of hydrogen-bond donors (Lipinski definition) is 0. The topological polar surface area (TPSA) is 26.3 Å². The molecule has 0 saturated heterocycles. The molecule has 0 aromatic heterocycles. The highest BCUT2D eigenvalue weighted by Crippen LogP contribution is 2.07. The zero-order chi connectivity index (χ0) is 9.56. The average Bonchev–Trinajstić information content (AvgIpc) is 2.04. The van der Waals surface area contributed by atoms with Crippen LogP contribution in [0, 0.1) is 0 Å². The van der Waals surface area contributed by atoms with Crippen molar-refractivity contribution in [1.82, 2.24) is 0 Å². The normalized spacial score (nSPS) is 12.2. The second kappa shape index (κ2) is 6.38. The number of ketones is 1. The molecular weight excluding hydrogens is 196 g/mol. The molecule has 0 aliphatic heterocycles. The zero-order valence-electron chi connectivity index (χ0n) is 7.30. The van der Waals surface area contributed by atoms with Crippen LogP contribution < -0.4 is 0 Å². The van der Waals surface area contributed by atoms with Gasteiger partial charge < -0.3 is 4.74 Å². The van der Waals surface area contributed by atoms with Gasteiger partial charge in [0.25, 0.3) is 0 Å². The summed E-state index contributed by atoms with van der Waals surface area (Å²) in [6.45, 7) is 4.16. The van der Waals surface area contributed by atoms with Crippen molar-refractivity contribution in [2.75, 3.05) is 6.61 Å². The Bertz CT molecular complexity index is 170. The third-order valence-electron chi connectivity index (χ3n) is 1.30. The SMILES string of the molecule is CCCC(Cl)C(=O)C(=S)OCC. The molecule has 0 aliphatic carbocycles. The molecule has 0 saturated carbocycles. The summed E-state index contributed by atoms with van der Waals surface area (Å²) in [5, 5.41) is -0.514. The van der Waals surface area contributed by atoms with Crippen LogP contribution in [0.2, 0.25) is 0 Å². The predicted molar refractivity (Wildman–Crippen MR) is 53.8 cm³/mol. The third kappa shape index (κ3) is 4.02. The minimum atomic E-state index is -0.519. The summed E-state index contributed by atoms with van der Waals surface area (Å²) in [4.78, 5) is 11.2. The van der Waals surface area contributed by atoms with Gasteiger partial charge in [0.15, 0.2) is 0 Å². The summed E-state index contributed by atoms with van der Waals surface area (Å²) in [6.07, 6.45) is 1.52. The van der Waals surface area contributed by atoms with Crippen LogP contribution in [-0.4, -0.2) is 22.8 Å². The van der Waals surface area contributed by atoms with E-state index in [4.69, 9.17) is 28.6 Å². The van der Waals surface area contributed by atoms with E-state index in [1.165, 1.54) is 0 Å². The molecule has 0 aliphatic rings. The number of halogens is 1. The molecular formula is C8H13ClO2S. The smallest absolute Gasteiger partial charge is 0.229 e. The molecule has 0 aromatic carbocycles. The molecule has 0 N–H and O–H groups in total. The summed E-state index contributed by atoms with van der Waals surface area (Å²) in [7, 11) is 0. The van der Waals surface area contributed by atoms with Crippen molar-refractivity contribution in [3.05, 3.63) is 0 Å². The van der Waals surface area contributed by atoms with E-state index >= 15 is 0 Å². The van der Waals surface area contributed by atoms with Crippen LogP contribution in [0.25, 0.3) is 0 Å². The van der Waals surface area contributed by atoms with E-state index in [1.807, 2.05) is 6.92 Å². The number of hydrogen-bond acceptors (Lipinski definition) is 3. The lowest BCUT2D eigenvalue weighted by atomic mass is 10.2. The molecule has 70 valence electrons. The molecule has 4 heteroatoms. The fourth-order valence-electron chi connectivity index (χ4n) is 0.715. The third-order valence-corrected chi connectivity index (χ3v) is 2.04. The maximum Gasteiger partial charge on any atom is 0.229 e. The van der Waals surface area contributed by atoms with Gasteiger partial charge in [-0.1, -0.05) is 13.3 Å². The quantitative estimate of drug-likeness (QED) is 0.513. The van der Waals surface area contributed by atoms with Crippen molar-refractivity contribution in [3.8, 4) is 0 Å². The Labute approximate surface area is 83.2 Å². The van der Waals surface area contributed by atoms with Crippen molar-refractivity contribution in [1.29, 1.82) is 0 Å². The van der Waals surface area contributed by atoms with Crippen LogP contribution in [0.15, 0.2) is 0 Å². The zero-order valence-corrected chi connectivity index (χ0v) is 8.87.